The minimum absolute atomic E-state index is 0.0183. The van der Waals surface area contributed by atoms with Crippen molar-refractivity contribution >= 4 is 23.6 Å². The molecule has 0 saturated carbocycles. The zero-order chi connectivity index (χ0) is 30.9. The van der Waals surface area contributed by atoms with Gasteiger partial charge in [0.15, 0.2) is 6.10 Å². The van der Waals surface area contributed by atoms with Crippen LogP contribution in [0.5, 0.6) is 5.75 Å². The van der Waals surface area contributed by atoms with Gasteiger partial charge < -0.3 is 20.1 Å². The second-order valence-electron chi connectivity index (χ2n) is 9.68. The van der Waals surface area contributed by atoms with Gasteiger partial charge in [0.2, 0.25) is 0 Å². The van der Waals surface area contributed by atoms with Gasteiger partial charge in [0.25, 0.3) is 5.91 Å². The molecule has 1 heterocycles. The van der Waals surface area contributed by atoms with Gasteiger partial charge >= 0.3 is 12.0 Å². The highest BCUT2D eigenvalue weighted by molar-refractivity contribution is 5.99. The highest BCUT2D eigenvalue weighted by Gasteiger charge is 2.35. The summed E-state index contributed by atoms with van der Waals surface area (Å²) in [5.41, 5.74) is -0.354. The van der Waals surface area contributed by atoms with E-state index >= 15 is 8.78 Å². The Morgan fingerprint density at radius 2 is 1.57 bits per heavy atom. The maximum atomic E-state index is 15.1. The van der Waals surface area contributed by atoms with Crippen molar-refractivity contribution in [3.05, 3.63) is 93.8 Å². The van der Waals surface area contributed by atoms with Crippen LogP contribution < -0.4 is 15.0 Å². The van der Waals surface area contributed by atoms with Gasteiger partial charge in [-0.25, -0.2) is 31.5 Å². The molecule has 0 fully saturated rings. The summed E-state index contributed by atoms with van der Waals surface area (Å²) in [6.45, 7) is 2.06. The average molecular weight is 592 g/mol. The Bertz CT molecular complexity index is 1520. The largest absolute Gasteiger partial charge is 0.479 e. The van der Waals surface area contributed by atoms with Crippen LogP contribution in [0.4, 0.5) is 32.4 Å². The topological polar surface area (TPSA) is 99.2 Å². The summed E-state index contributed by atoms with van der Waals surface area (Å²) in [5, 5.41) is 11.5. The van der Waals surface area contributed by atoms with E-state index in [4.69, 9.17) is 9.84 Å². The Kier molecular flexibility index (Phi) is 8.69. The molecule has 3 aromatic rings. The molecule has 2 atom stereocenters. The molecule has 0 aliphatic carbocycles. The predicted octanol–water partition coefficient (Wildman–Crippen LogP) is 5.69. The molecule has 2 unspecified atom stereocenters. The number of hydrogen-bond acceptors (Lipinski definition) is 4. The Hall–Kier alpha value is -4.68. The maximum absolute atomic E-state index is 15.1. The number of ether oxygens (including phenoxy) is 1. The summed E-state index contributed by atoms with van der Waals surface area (Å²) in [6, 6.07) is 5.79. The van der Waals surface area contributed by atoms with Crippen LogP contribution in [0, 0.1) is 29.1 Å². The highest BCUT2D eigenvalue weighted by atomic mass is 19.2. The second-order valence-corrected chi connectivity index (χ2v) is 9.68. The van der Waals surface area contributed by atoms with Gasteiger partial charge in [-0.15, -0.1) is 0 Å². The van der Waals surface area contributed by atoms with Crippen molar-refractivity contribution in [3.8, 4) is 5.75 Å². The third-order valence-corrected chi connectivity index (χ3v) is 7.03. The third kappa shape index (κ3) is 5.99. The monoisotopic (exact) mass is 591 g/mol. The number of nitrogens with one attached hydrogen (secondary N) is 1. The second kappa shape index (κ2) is 12.0. The smallest absolute Gasteiger partial charge is 0.344 e. The molecule has 1 aliphatic heterocycles. The molecule has 3 aromatic carbocycles. The van der Waals surface area contributed by atoms with Crippen molar-refractivity contribution < 1.29 is 46.2 Å². The van der Waals surface area contributed by atoms with Crippen LogP contribution in [-0.2, 0) is 17.9 Å². The van der Waals surface area contributed by atoms with Gasteiger partial charge in [0, 0.05) is 54.5 Å². The molecule has 222 valence electrons. The number of benzene rings is 3. The molecule has 1 aliphatic rings. The molecule has 3 amide bonds. The molecule has 0 aromatic heterocycles. The van der Waals surface area contributed by atoms with Crippen LogP contribution >= 0.6 is 0 Å². The van der Waals surface area contributed by atoms with Crippen LogP contribution in [0.25, 0.3) is 0 Å². The zero-order valence-corrected chi connectivity index (χ0v) is 22.7. The first kappa shape index (κ1) is 30.3. The van der Waals surface area contributed by atoms with E-state index in [0.717, 1.165) is 17.0 Å². The van der Waals surface area contributed by atoms with Crippen molar-refractivity contribution in [2.75, 3.05) is 11.9 Å². The number of halogens is 5. The van der Waals surface area contributed by atoms with Crippen LogP contribution in [0.15, 0.2) is 42.5 Å². The Morgan fingerprint density at radius 3 is 2.14 bits per heavy atom. The van der Waals surface area contributed by atoms with E-state index in [1.165, 1.54) is 31.0 Å². The number of hydrogen-bond donors (Lipinski definition) is 2. The normalized spacial score (nSPS) is 15.3. The summed E-state index contributed by atoms with van der Waals surface area (Å²) in [5.74, 6) is -8.06. The number of carboxylic acids is 1. The number of rotatable bonds is 9. The molecule has 8 nitrogen and oxygen atoms in total. The molecular weight excluding hydrogens is 565 g/mol. The zero-order valence-electron chi connectivity index (χ0n) is 22.7. The average Bonchev–Trinajstić information content (AvgIpc) is 2.92. The fourth-order valence-electron chi connectivity index (χ4n) is 4.53. The lowest BCUT2D eigenvalue weighted by atomic mass is 9.98. The van der Waals surface area contributed by atoms with Crippen LogP contribution in [0.1, 0.15) is 53.4 Å². The van der Waals surface area contributed by atoms with E-state index in [1.54, 1.807) is 13.0 Å². The van der Waals surface area contributed by atoms with Crippen molar-refractivity contribution in [1.82, 2.24) is 10.2 Å². The molecule has 0 spiro atoms. The number of amides is 3. The standard InChI is InChI=1S/C29H26F5N3O5/c1-4-26(28(39)40)42-17-10-23(33)20(24(34)11-17)13-37-25-7-15(5-6-18(25)14(2)36(3)29(37)41)27(38)35-12-19-21(31)8-16(30)9-22(19)32/h5-11,14,26H,4,12-13H2,1-3H3,(H,35,38)(H,39,40). The van der Waals surface area contributed by atoms with E-state index in [0.29, 0.717) is 17.7 Å². The van der Waals surface area contributed by atoms with E-state index in [2.05, 4.69) is 5.32 Å². The lowest BCUT2D eigenvalue weighted by Crippen LogP contribution is -2.47. The van der Waals surface area contributed by atoms with E-state index in [9.17, 15) is 27.6 Å². The summed E-state index contributed by atoms with van der Waals surface area (Å²) in [7, 11) is 1.50. The molecule has 0 saturated heterocycles. The fourth-order valence-corrected chi connectivity index (χ4v) is 4.53. The van der Waals surface area contributed by atoms with Crippen molar-refractivity contribution in [3.63, 3.8) is 0 Å². The van der Waals surface area contributed by atoms with Crippen LogP contribution in [0.2, 0.25) is 0 Å². The van der Waals surface area contributed by atoms with Gasteiger partial charge in [-0.2, -0.15) is 0 Å². The quantitative estimate of drug-likeness (QED) is 0.312. The van der Waals surface area contributed by atoms with E-state index < -0.39 is 83.4 Å². The van der Waals surface area contributed by atoms with Gasteiger partial charge in [0.05, 0.1) is 18.3 Å². The van der Waals surface area contributed by atoms with Gasteiger partial charge in [0.1, 0.15) is 34.8 Å². The maximum Gasteiger partial charge on any atom is 0.344 e. The minimum Gasteiger partial charge on any atom is -0.479 e. The molecule has 0 bridgehead atoms. The number of anilines is 1. The number of carbonyl (C=O) groups is 3. The number of carbonyl (C=O) groups excluding carboxylic acids is 2. The van der Waals surface area contributed by atoms with Crippen molar-refractivity contribution in [1.29, 1.82) is 0 Å². The molecule has 42 heavy (non-hydrogen) atoms. The van der Waals surface area contributed by atoms with Crippen LogP contribution in [-0.4, -0.2) is 41.1 Å². The first-order chi connectivity index (χ1) is 19.8. The summed E-state index contributed by atoms with van der Waals surface area (Å²) >= 11 is 0. The Balaban J connectivity index is 1.63. The van der Waals surface area contributed by atoms with Gasteiger partial charge in [-0.1, -0.05) is 13.0 Å². The first-order valence-electron chi connectivity index (χ1n) is 12.8. The predicted molar refractivity (Wildman–Crippen MR) is 140 cm³/mol. The van der Waals surface area contributed by atoms with Gasteiger partial charge in [-0.05, 0) is 31.0 Å². The van der Waals surface area contributed by atoms with Crippen molar-refractivity contribution in [2.24, 2.45) is 0 Å². The lowest BCUT2D eigenvalue weighted by Gasteiger charge is -2.39. The number of carboxylic acid groups (broad SMARTS) is 1. The first-order valence-corrected chi connectivity index (χ1v) is 12.8. The summed E-state index contributed by atoms with van der Waals surface area (Å²) in [4.78, 5) is 39.8. The molecular formula is C29H26F5N3O5. The van der Waals surface area contributed by atoms with Gasteiger partial charge in [-0.3, -0.25) is 9.69 Å². The summed E-state index contributed by atoms with van der Waals surface area (Å²) in [6.07, 6.45) is -1.27. The fraction of sp³-hybridized carbons (Fsp3) is 0.276. The molecule has 2 N–H and O–H groups in total. The van der Waals surface area contributed by atoms with Crippen LogP contribution in [0.3, 0.4) is 0 Å². The Labute approximate surface area is 237 Å². The Morgan fingerprint density at radius 1 is 0.976 bits per heavy atom. The molecule has 4 rings (SSSR count). The SMILES string of the molecule is CCC(Oc1cc(F)c(CN2C(=O)N(C)C(C)c3ccc(C(=O)NCc4c(F)cc(F)cc4F)cc32)c(F)c1)C(=O)O. The number of nitrogens with zero attached hydrogens (tertiary/aromatic N) is 2. The summed E-state index contributed by atoms with van der Waals surface area (Å²) < 4.78 is 76.6. The number of aliphatic carboxylic acids is 1. The highest BCUT2D eigenvalue weighted by Crippen LogP contribution is 2.38. The third-order valence-electron chi connectivity index (χ3n) is 7.03. The van der Waals surface area contributed by atoms with Crippen molar-refractivity contribution in [2.45, 2.75) is 45.5 Å². The number of fused-ring (bicyclic) bond motifs is 1. The van der Waals surface area contributed by atoms with E-state index in [1.807, 2.05) is 0 Å². The van der Waals surface area contributed by atoms with E-state index in [-0.39, 0.29) is 23.4 Å². The molecule has 0 radical (unpaired) electrons. The lowest BCUT2D eigenvalue weighted by molar-refractivity contribution is -0.145. The molecule has 13 heteroatoms. The minimum atomic E-state index is -1.32. The number of urea groups is 1.